The Morgan fingerprint density at radius 1 is 1.19 bits per heavy atom. The summed E-state index contributed by atoms with van der Waals surface area (Å²) in [5.74, 6) is 1.47. The van der Waals surface area contributed by atoms with Crippen molar-refractivity contribution in [1.82, 2.24) is 10.6 Å². The monoisotopic (exact) mass is 374 g/mol. The van der Waals surface area contributed by atoms with Crippen LogP contribution in [0.4, 0.5) is 5.82 Å². The fourth-order valence-electron chi connectivity index (χ4n) is 2.39. The average molecular weight is 374 g/mol. The standard InChI is InChI=1S/C18H23N5O2S/c1-24-9-8-22-18(26)21-7-3-6-20-17-14(12-19)10-13-11-15(25-2)4-5-16(13)23-17/h4-5,10-11H,3,6-9H2,1-2H3,(H,20,23)(H2,21,22,26)/p+1. The molecular weight excluding hydrogens is 350 g/mol. The number of nitrogens with one attached hydrogen (secondary N) is 4. The number of nitriles is 1. The van der Waals surface area contributed by atoms with Crippen LogP contribution in [-0.4, -0.2) is 45.6 Å². The summed E-state index contributed by atoms with van der Waals surface area (Å²) in [6.07, 6.45) is 0.853. The zero-order valence-electron chi connectivity index (χ0n) is 15.0. The van der Waals surface area contributed by atoms with Crippen LogP contribution in [0.1, 0.15) is 12.0 Å². The van der Waals surface area contributed by atoms with E-state index in [0.29, 0.717) is 36.2 Å². The van der Waals surface area contributed by atoms with E-state index in [-0.39, 0.29) is 0 Å². The van der Waals surface area contributed by atoms with E-state index in [1.54, 1.807) is 14.2 Å². The van der Waals surface area contributed by atoms with E-state index < -0.39 is 0 Å². The Bertz CT molecular complexity index is 791. The molecule has 2 aromatic rings. The van der Waals surface area contributed by atoms with Crippen LogP contribution < -0.4 is 25.7 Å². The second kappa shape index (κ2) is 10.4. The lowest BCUT2D eigenvalue weighted by Crippen LogP contribution is -2.37. The fraction of sp³-hybridized carbons (Fsp3) is 0.389. The molecule has 0 fully saturated rings. The lowest BCUT2D eigenvalue weighted by Gasteiger charge is -2.09. The van der Waals surface area contributed by atoms with Crippen LogP contribution in [0.25, 0.3) is 10.9 Å². The van der Waals surface area contributed by atoms with Crippen LogP contribution in [0, 0.1) is 11.3 Å². The predicted molar refractivity (Wildman–Crippen MR) is 105 cm³/mol. The van der Waals surface area contributed by atoms with Crippen LogP contribution in [0.15, 0.2) is 24.3 Å². The van der Waals surface area contributed by atoms with E-state index in [0.717, 1.165) is 29.6 Å². The third-order valence-electron chi connectivity index (χ3n) is 3.74. The Kier molecular flexibility index (Phi) is 7.86. The number of pyridine rings is 1. The first-order valence-corrected chi connectivity index (χ1v) is 8.77. The predicted octanol–water partition coefficient (Wildman–Crippen LogP) is 1.45. The number of fused-ring (bicyclic) bond motifs is 1. The smallest absolute Gasteiger partial charge is 0.290 e. The number of anilines is 1. The summed E-state index contributed by atoms with van der Waals surface area (Å²) in [5.41, 5.74) is 1.50. The van der Waals surface area contributed by atoms with E-state index in [1.807, 2.05) is 24.3 Å². The highest BCUT2D eigenvalue weighted by molar-refractivity contribution is 7.80. The van der Waals surface area contributed by atoms with Gasteiger partial charge in [-0.05, 0) is 36.5 Å². The highest BCUT2D eigenvalue weighted by atomic mass is 32.1. The van der Waals surface area contributed by atoms with Crippen LogP contribution >= 0.6 is 12.2 Å². The first-order valence-electron chi connectivity index (χ1n) is 8.36. The van der Waals surface area contributed by atoms with Crippen molar-refractivity contribution in [2.45, 2.75) is 6.42 Å². The molecule has 0 amide bonds. The molecule has 0 unspecified atom stereocenters. The van der Waals surface area contributed by atoms with Gasteiger partial charge in [0.25, 0.3) is 5.82 Å². The maximum atomic E-state index is 9.39. The summed E-state index contributed by atoms with van der Waals surface area (Å²) in [4.78, 5) is 3.27. The molecule has 0 radical (unpaired) electrons. The van der Waals surface area contributed by atoms with Gasteiger partial charge in [-0.25, -0.2) is 4.98 Å². The Balaban J connectivity index is 1.86. The molecule has 0 bridgehead atoms. The minimum Gasteiger partial charge on any atom is -0.497 e. The number of aromatic amines is 1. The summed E-state index contributed by atoms with van der Waals surface area (Å²) in [7, 11) is 3.28. The number of nitrogens with zero attached hydrogens (tertiary/aromatic N) is 1. The first-order chi connectivity index (χ1) is 12.7. The van der Waals surface area contributed by atoms with Gasteiger partial charge in [-0.3, -0.25) is 5.32 Å². The van der Waals surface area contributed by atoms with Gasteiger partial charge in [-0.1, -0.05) is 0 Å². The number of H-pyrrole nitrogens is 1. The molecule has 0 spiro atoms. The van der Waals surface area contributed by atoms with Crippen LogP contribution in [-0.2, 0) is 4.74 Å². The van der Waals surface area contributed by atoms with Crippen molar-refractivity contribution in [3.63, 3.8) is 0 Å². The van der Waals surface area contributed by atoms with Gasteiger partial charge >= 0.3 is 0 Å². The van der Waals surface area contributed by atoms with Gasteiger partial charge in [0.15, 0.2) is 5.11 Å². The van der Waals surface area contributed by atoms with Crippen molar-refractivity contribution < 1.29 is 14.5 Å². The third-order valence-corrected chi connectivity index (χ3v) is 4.03. The van der Waals surface area contributed by atoms with E-state index >= 15 is 0 Å². The molecule has 0 atom stereocenters. The SMILES string of the molecule is COCCNC(=S)NCCCNc1[nH+]c2ccc(OC)cc2cc1C#N. The molecule has 1 aromatic heterocycles. The summed E-state index contributed by atoms with van der Waals surface area (Å²) < 4.78 is 10.2. The number of rotatable bonds is 9. The number of benzene rings is 1. The number of hydrogen-bond donors (Lipinski definition) is 3. The summed E-state index contributed by atoms with van der Waals surface area (Å²) >= 11 is 5.17. The van der Waals surface area contributed by atoms with Crippen molar-refractivity contribution in [1.29, 1.82) is 5.26 Å². The molecule has 4 N–H and O–H groups in total. The number of thiocarbonyl (C=S) groups is 1. The van der Waals surface area contributed by atoms with E-state index in [9.17, 15) is 5.26 Å². The van der Waals surface area contributed by atoms with Crippen LogP contribution in [0.2, 0.25) is 0 Å². The fourth-order valence-corrected chi connectivity index (χ4v) is 2.60. The molecule has 7 nitrogen and oxygen atoms in total. The molecule has 0 saturated carbocycles. The van der Waals surface area contributed by atoms with Gasteiger partial charge < -0.3 is 20.1 Å². The zero-order chi connectivity index (χ0) is 18.8. The summed E-state index contributed by atoms with van der Waals surface area (Å²) in [6, 6.07) is 9.79. The summed E-state index contributed by atoms with van der Waals surface area (Å²) in [5, 5.41) is 20.4. The maximum Gasteiger partial charge on any atom is 0.290 e. The first kappa shape index (κ1) is 19.7. The molecule has 0 aliphatic carbocycles. The maximum absolute atomic E-state index is 9.39. The minimum absolute atomic E-state index is 0.565. The molecule has 0 saturated heterocycles. The Morgan fingerprint density at radius 3 is 2.73 bits per heavy atom. The van der Waals surface area contributed by atoms with Gasteiger partial charge in [0.1, 0.15) is 22.9 Å². The zero-order valence-corrected chi connectivity index (χ0v) is 15.8. The minimum atomic E-state index is 0.565. The second-order valence-electron chi connectivity index (χ2n) is 5.58. The second-order valence-corrected chi connectivity index (χ2v) is 5.99. The Morgan fingerprint density at radius 2 is 2.00 bits per heavy atom. The Labute approximate surface area is 158 Å². The number of hydrogen-bond acceptors (Lipinski definition) is 5. The van der Waals surface area contributed by atoms with E-state index in [1.165, 1.54) is 0 Å². The lowest BCUT2D eigenvalue weighted by molar-refractivity contribution is -0.327. The Hall–Kier alpha value is -2.63. The van der Waals surface area contributed by atoms with Crippen molar-refractivity contribution >= 4 is 34.1 Å². The van der Waals surface area contributed by atoms with Gasteiger partial charge in [-0.2, -0.15) is 5.26 Å². The van der Waals surface area contributed by atoms with Gasteiger partial charge in [0.2, 0.25) is 0 Å². The normalized spacial score (nSPS) is 10.2. The van der Waals surface area contributed by atoms with Crippen molar-refractivity contribution in [2.75, 3.05) is 45.8 Å². The number of methoxy groups -OCH3 is 2. The van der Waals surface area contributed by atoms with E-state index in [4.69, 9.17) is 21.7 Å². The van der Waals surface area contributed by atoms with E-state index in [2.05, 4.69) is 27.0 Å². The molecule has 2 rings (SSSR count). The molecule has 1 heterocycles. The number of aromatic nitrogens is 1. The van der Waals surface area contributed by atoms with Gasteiger partial charge in [0, 0.05) is 32.0 Å². The number of ether oxygens (including phenoxy) is 2. The molecule has 0 aliphatic rings. The molecule has 138 valence electrons. The third kappa shape index (κ3) is 5.72. The van der Waals surface area contributed by atoms with Crippen molar-refractivity contribution in [3.8, 4) is 11.8 Å². The molecule has 26 heavy (non-hydrogen) atoms. The largest absolute Gasteiger partial charge is 0.497 e. The molecule has 8 heteroatoms. The molecule has 1 aromatic carbocycles. The highest BCUT2D eigenvalue weighted by Crippen LogP contribution is 2.21. The quantitative estimate of drug-likeness (QED) is 0.452. The summed E-state index contributed by atoms with van der Waals surface area (Å²) in [6.45, 7) is 2.74. The van der Waals surface area contributed by atoms with Gasteiger partial charge in [0.05, 0.1) is 20.3 Å². The van der Waals surface area contributed by atoms with Crippen molar-refractivity contribution in [3.05, 3.63) is 29.8 Å². The van der Waals surface area contributed by atoms with Crippen LogP contribution in [0.3, 0.4) is 0 Å². The molecule has 0 aliphatic heterocycles. The highest BCUT2D eigenvalue weighted by Gasteiger charge is 2.12. The lowest BCUT2D eigenvalue weighted by atomic mass is 10.1. The average Bonchev–Trinajstić information content (AvgIpc) is 2.66. The van der Waals surface area contributed by atoms with Crippen molar-refractivity contribution in [2.24, 2.45) is 0 Å². The molecular formula is C18H24N5O2S+. The van der Waals surface area contributed by atoms with Crippen LogP contribution in [0.5, 0.6) is 5.75 Å². The van der Waals surface area contributed by atoms with Gasteiger partial charge in [-0.15, -0.1) is 0 Å². The topological polar surface area (TPSA) is 92.5 Å².